The van der Waals surface area contributed by atoms with E-state index in [1.807, 2.05) is 45.9 Å². The summed E-state index contributed by atoms with van der Waals surface area (Å²) >= 11 is 0. The molecule has 9 heteroatoms. The average molecular weight is 566 g/mol. The van der Waals surface area contributed by atoms with Gasteiger partial charge < -0.3 is 10.6 Å². The maximum atomic E-state index is 13.1. The molecule has 3 aromatic rings. The Kier molecular flexibility index (Phi) is 8.31. The van der Waals surface area contributed by atoms with Crippen molar-refractivity contribution in [1.82, 2.24) is 25.1 Å². The van der Waals surface area contributed by atoms with Gasteiger partial charge in [0.1, 0.15) is 11.4 Å². The van der Waals surface area contributed by atoms with Gasteiger partial charge in [-0.15, -0.1) is 0 Å². The summed E-state index contributed by atoms with van der Waals surface area (Å²) in [5, 5.41) is 10.9. The van der Waals surface area contributed by atoms with Crippen LogP contribution in [-0.2, 0) is 12.5 Å². The van der Waals surface area contributed by atoms with Crippen LogP contribution in [-0.4, -0.2) is 44.5 Å². The van der Waals surface area contributed by atoms with Crippen LogP contribution in [0.2, 0.25) is 0 Å². The van der Waals surface area contributed by atoms with Gasteiger partial charge in [0, 0.05) is 42.2 Å². The number of aryl methyl sites for hydroxylation is 2. The van der Waals surface area contributed by atoms with Crippen LogP contribution < -0.4 is 16.2 Å². The molecule has 0 bridgehead atoms. The molecule has 42 heavy (non-hydrogen) atoms. The van der Waals surface area contributed by atoms with Gasteiger partial charge in [0.15, 0.2) is 0 Å². The molecule has 2 aliphatic rings. The molecule has 1 aromatic carbocycles. The van der Waals surface area contributed by atoms with Crippen molar-refractivity contribution >= 4 is 23.0 Å². The van der Waals surface area contributed by atoms with E-state index in [4.69, 9.17) is 4.99 Å². The summed E-state index contributed by atoms with van der Waals surface area (Å²) in [6.07, 6.45) is 10.5. The molecule has 0 spiro atoms. The second-order valence-corrected chi connectivity index (χ2v) is 12.2. The van der Waals surface area contributed by atoms with Gasteiger partial charge in [-0.2, -0.15) is 5.10 Å². The van der Waals surface area contributed by atoms with Crippen molar-refractivity contribution in [2.75, 3.05) is 18.4 Å². The SMILES string of the molecule is Cc1ccc(-c2cc(N=C3/C=C\C4=C(CCNC4)CCC3C)c(=O)n(C)n2)cc1NC(=O)c1cnc(C(C)(C)C)cn1. The van der Waals surface area contributed by atoms with Crippen molar-refractivity contribution in [2.24, 2.45) is 18.0 Å². The summed E-state index contributed by atoms with van der Waals surface area (Å²) in [5.74, 6) is -0.131. The summed E-state index contributed by atoms with van der Waals surface area (Å²) in [6.45, 7) is 12.1. The van der Waals surface area contributed by atoms with Gasteiger partial charge >= 0.3 is 0 Å². The Bertz CT molecular complexity index is 1660. The zero-order valence-electron chi connectivity index (χ0n) is 25.3. The minimum absolute atomic E-state index is 0.156. The zero-order valence-corrected chi connectivity index (χ0v) is 25.3. The summed E-state index contributed by atoms with van der Waals surface area (Å²) in [4.78, 5) is 39.7. The molecule has 0 saturated heterocycles. The highest BCUT2D eigenvalue weighted by Gasteiger charge is 2.20. The zero-order chi connectivity index (χ0) is 30.0. The lowest BCUT2D eigenvalue weighted by Crippen LogP contribution is -2.26. The van der Waals surface area contributed by atoms with Gasteiger partial charge in [-0.1, -0.05) is 51.5 Å². The Morgan fingerprint density at radius 2 is 1.93 bits per heavy atom. The minimum atomic E-state index is -0.347. The molecule has 2 N–H and O–H groups in total. The van der Waals surface area contributed by atoms with E-state index in [0.717, 1.165) is 54.9 Å². The first-order valence-corrected chi connectivity index (χ1v) is 14.5. The van der Waals surface area contributed by atoms with E-state index in [2.05, 4.69) is 44.8 Å². The first-order valence-electron chi connectivity index (χ1n) is 14.5. The first kappa shape index (κ1) is 29.3. The highest BCUT2D eigenvalue weighted by molar-refractivity contribution is 6.03. The Morgan fingerprint density at radius 3 is 2.67 bits per heavy atom. The van der Waals surface area contributed by atoms with E-state index in [9.17, 15) is 9.59 Å². The maximum Gasteiger partial charge on any atom is 0.292 e. The molecular weight excluding hydrogens is 526 g/mol. The number of nitrogens with one attached hydrogen (secondary N) is 2. The van der Waals surface area contributed by atoms with Crippen molar-refractivity contribution in [3.05, 3.63) is 87.3 Å². The van der Waals surface area contributed by atoms with E-state index in [-0.39, 0.29) is 28.5 Å². The molecule has 9 nitrogen and oxygen atoms in total. The third kappa shape index (κ3) is 6.46. The van der Waals surface area contributed by atoms with Crippen LogP contribution in [0.5, 0.6) is 0 Å². The van der Waals surface area contributed by atoms with Gasteiger partial charge in [0.05, 0.1) is 17.6 Å². The minimum Gasteiger partial charge on any atom is -0.320 e. The highest BCUT2D eigenvalue weighted by Crippen LogP contribution is 2.28. The van der Waals surface area contributed by atoms with Gasteiger partial charge in [-0.05, 0) is 68.0 Å². The van der Waals surface area contributed by atoms with E-state index in [1.165, 1.54) is 22.0 Å². The predicted molar refractivity (Wildman–Crippen MR) is 167 cm³/mol. The topological polar surface area (TPSA) is 114 Å². The Morgan fingerprint density at radius 1 is 1.12 bits per heavy atom. The molecule has 1 aliphatic heterocycles. The molecule has 5 rings (SSSR count). The number of benzene rings is 1. The van der Waals surface area contributed by atoms with Crippen LogP contribution in [0, 0.1) is 12.8 Å². The highest BCUT2D eigenvalue weighted by atomic mass is 16.2. The molecule has 3 heterocycles. The molecule has 218 valence electrons. The first-order chi connectivity index (χ1) is 20.0. The normalized spacial score (nSPS) is 19.2. The smallest absolute Gasteiger partial charge is 0.292 e. The number of hydrogen-bond donors (Lipinski definition) is 2. The molecule has 0 radical (unpaired) electrons. The molecule has 1 atom stereocenters. The molecule has 0 saturated carbocycles. The van der Waals surface area contributed by atoms with Crippen molar-refractivity contribution < 1.29 is 4.79 Å². The van der Waals surface area contributed by atoms with E-state index in [1.54, 1.807) is 19.3 Å². The van der Waals surface area contributed by atoms with Crippen LogP contribution in [0.15, 0.2) is 69.7 Å². The Hall–Kier alpha value is -4.24. The molecule has 2 aromatic heterocycles. The second kappa shape index (κ2) is 11.9. The van der Waals surface area contributed by atoms with Crippen LogP contribution in [0.1, 0.15) is 68.7 Å². The molecule has 1 aliphatic carbocycles. The number of anilines is 1. The Balaban J connectivity index is 1.44. The quantitative estimate of drug-likeness (QED) is 0.435. The number of carbonyl (C=O) groups excluding carboxylic acids is 1. The number of carbonyl (C=O) groups is 1. The third-order valence-corrected chi connectivity index (χ3v) is 7.94. The molecule has 1 amide bonds. The van der Waals surface area contributed by atoms with Gasteiger partial charge in [-0.25, -0.2) is 14.7 Å². The maximum absolute atomic E-state index is 13.1. The van der Waals surface area contributed by atoms with Crippen molar-refractivity contribution in [1.29, 1.82) is 0 Å². The van der Waals surface area contributed by atoms with Crippen molar-refractivity contribution in [2.45, 2.75) is 59.3 Å². The summed E-state index contributed by atoms with van der Waals surface area (Å²) in [6, 6.07) is 7.43. The van der Waals surface area contributed by atoms with Crippen molar-refractivity contribution in [3.8, 4) is 11.3 Å². The van der Waals surface area contributed by atoms with E-state index in [0.29, 0.717) is 17.1 Å². The summed E-state index contributed by atoms with van der Waals surface area (Å²) in [5.41, 5.74) is 7.57. The molecule has 0 fully saturated rings. The van der Waals surface area contributed by atoms with Crippen molar-refractivity contribution in [3.63, 3.8) is 0 Å². The Labute approximate surface area is 246 Å². The van der Waals surface area contributed by atoms with Crippen LogP contribution in [0.3, 0.4) is 0 Å². The number of rotatable bonds is 4. The standard InChI is InChI=1S/C33H39N7O2/c1-20-7-9-22-13-14-34-17-24(22)11-12-25(20)37-28-16-27(39-40(6)32(28)42)23-10-8-21(2)26(15-23)38-31(41)29-18-36-30(19-35-29)33(3,4)5/h8,10-12,15-16,18-20,34H,7,9,13-14,17H2,1-6H3,(H,38,41)/b12-11-,37-25?. The van der Waals surface area contributed by atoms with E-state index >= 15 is 0 Å². The average Bonchev–Trinajstić information content (AvgIpc) is 2.96. The summed E-state index contributed by atoms with van der Waals surface area (Å²) < 4.78 is 1.32. The third-order valence-electron chi connectivity index (χ3n) is 7.94. The predicted octanol–water partition coefficient (Wildman–Crippen LogP) is 5.44. The van der Waals surface area contributed by atoms with Crippen LogP contribution >= 0.6 is 0 Å². The molecular formula is C33H39N7O2. The lowest BCUT2D eigenvalue weighted by Gasteiger charge is -2.23. The van der Waals surface area contributed by atoms with Crippen LogP contribution in [0.25, 0.3) is 11.3 Å². The lowest BCUT2D eigenvalue weighted by atomic mass is 9.88. The number of allylic oxidation sites excluding steroid dienone is 1. The van der Waals surface area contributed by atoms with Gasteiger partial charge in [0.25, 0.3) is 11.5 Å². The monoisotopic (exact) mass is 565 g/mol. The van der Waals surface area contributed by atoms with Gasteiger partial charge in [-0.3, -0.25) is 14.6 Å². The number of hydrogen-bond acceptors (Lipinski definition) is 7. The van der Waals surface area contributed by atoms with Crippen LogP contribution in [0.4, 0.5) is 11.4 Å². The number of nitrogens with zero attached hydrogens (tertiary/aromatic N) is 5. The fourth-order valence-corrected chi connectivity index (χ4v) is 5.13. The number of amides is 1. The largest absolute Gasteiger partial charge is 0.320 e. The van der Waals surface area contributed by atoms with Gasteiger partial charge in [0.2, 0.25) is 0 Å². The summed E-state index contributed by atoms with van der Waals surface area (Å²) in [7, 11) is 1.63. The second-order valence-electron chi connectivity index (χ2n) is 12.2. The number of aliphatic imine (C=N–C) groups is 1. The lowest BCUT2D eigenvalue weighted by molar-refractivity contribution is 0.102. The number of aromatic nitrogens is 4. The van der Waals surface area contributed by atoms with E-state index < -0.39 is 0 Å². The molecule has 1 unspecified atom stereocenters. The fourth-order valence-electron chi connectivity index (χ4n) is 5.13. The fraction of sp³-hybridized carbons (Fsp3) is 0.394.